The zero-order chi connectivity index (χ0) is 16.1. The van der Waals surface area contributed by atoms with Gasteiger partial charge in [0.25, 0.3) is 5.91 Å². The molecular formula is C16H18N4O3. The predicted molar refractivity (Wildman–Crippen MR) is 82.6 cm³/mol. The molecule has 2 aromatic rings. The van der Waals surface area contributed by atoms with Gasteiger partial charge in [-0.05, 0) is 12.1 Å². The molecule has 1 fully saturated rings. The third kappa shape index (κ3) is 3.69. The van der Waals surface area contributed by atoms with Gasteiger partial charge in [0.2, 0.25) is 0 Å². The second-order valence-corrected chi connectivity index (χ2v) is 5.41. The highest BCUT2D eigenvalue weighted by Crippen LogP contribution is 2.14. The van der Waals surface area contributed by atoms with Crippen molar-refractivity contribution in [3.05, 3.63) is 42.5 Å². The molecule has 1 aliphatic heterocycles. The lowest BCUT2D eigenvalue weighted by atomic mass is 10.1. The van der Waals surface area contributed by atoms with Crippen molar-refractivity contribution in [1.29, 1.82) is 0 Å². The lowest BCUT2D eigenvalue weighted by Gasteiger charge is -2.22. The Morgan fingerprint density at radius 3 is 2.87 bits per heavy atom. The summed E-state index contributed by atoms with van der Waals surface area (Å²) in [5.74, 6) is 0.325. The van der Waals surface area contributed by atoms with Crippen LogP contribution in [-0.2, 0) is 4.74 Å². The fourth-order valence-electron chi connectivity index (χ4n) is 2.44. The molecule has 1 amide bonds. The van der Waals surface area contributed by atoms with Gasteiger partial charge in [0.15, 0.2) is 5.82 Å². The molecule has 0 saturated carbocycles. The van der Waals surface area contributed by atoms with Gasteiger partial charge in [0.05, 0.1) is 18.8 Å². The average molecular weight is 314 g/mol. The van der Waals surface area contributed by atoms with E-state index in [0.717, 1.165) is 5.56 Å². The van der Waals surface area contributed by atoms with Crippen LogP contribution in [0.5, 0.6) is 0 Å². The summed E-state index contributed by atoms with van der Waals surface area (Å²) in [7, 11) is 0. The fraction of sp³-hybridized carbons (Fsp3) is 0.375. The number of pyridine rings is 1. The highest BCUT2D eigenvalue weighted by Gasteiger charge is 2.23. The number of carbonyl (C=O) groups is 1. The maximum atomic E-state index is 12.6. The second-order valence-electron chi connectivity index (χ2n) is 5.41. The van der Waals surface area contributed by atoms with Gasteiger partial charge >= 0.3 is 0 Å². The van der Waals surface area contributed by atoms with Crippen LogP contribution in [0.1, 0.15) is 10.4 Å². The maximum absolute atomic E-state index is 12.6. The van der Waals surface area contributed by atoms with Gasteiger partial charge in [-0.15, -0.1) is 0 Å². The third-order valence-corrected chi connectivity index (χ3v) is 3.70. The molecule has 7 nitrogen and oxygen atoms in total. The highest BCUT2D eigenvalue weighted by molar-refractivity contribution is 5.93. The molecule has 0 aliphatic carbocycles. The standard InChI is InChI=1S/C16H18N4O3/c21-10-12-9-20(4-5-23-11-12)16(22)14-7-18-15(19-8-14)13-2-1-3-17-6-13/h1-3,6-8,12,21H,4-5,9-11H2/t12-/m0/s1. The fourth-order valence-corrected chi connectivity index (χ4v) is 2.44. The van der Waals surface area contributed by atoms with Crippen molar-refractivity contribution in [3.63, 3.8) is 0 Å². The monoisotopic (exact) mass is 314 g/mol. The molecular weight excluding hydrogens is 296 g/mol. The number of rotatable bonds is 3. The topological polar surface area (TPSA) is 88.4 Å². The van der Waals surface area contributed by atoms with Crippen molar-refractivity contribution < 1.29 is 14.6 Å². The van der Waals surface area contributed by atoms with Crippen LogP contribution < -0.4 is 0 Å². The minimum Gasteiger partial charge on any atom is -0.396 e. The molecule has 2 aromatic heterocycles. The molecule has 0 bridgehead atoms. The molecule has 120 valence electrons. The van der Waals surface area contributed by atoms with Crippen molar-refractivity contribution >= 4 is 5.91 Å². The zero-order valence-corrected chi connectivity index (χ0v) is 12.6. The summed E-state index contributed by atoms with van der Waals surface area (Å²) in [4.78, 5) is 26.8. The molecule has 0 radical (unpaired) electrons. The van der Waals surface area contributed by atoms with Crippen LogP contribution in [0.3, 0.4) is 0 Å². The van der Waals surface area contributed by atoms with E-state index >= 15 is 0 Å². The van der Waals surface area contributed by atoms with Crippen LogP contribution >= 0.6 is 0 Å². The molecule has 0 unspecified atom stereocenters. The van der Waals surface area contributed by atoms with Gasteiger partial charge < -0.3 is 14.7 Å². The quantitative estimate of drug-likeness (QED) is 0.893. The summed E-state index contributed by atoms with van der Waals surface area (Å²) in [6.45, 7) is 1.91. The summed E-state index contributed by atoms with van der Waals surface area (Å²) in [6, 6.07) is 3.67. The number of carbonyl (C=O) groups excluding carboxylic acids is 1. The summed E-state index contributed by atoms with van der Waals surface area (Å²) in [5, 5.41) is 9.30. The van der Waals surface area contributed by atoms with E-state index in [9.17, 15) is 9.90 Å². The summed E-state index contributed by atoms with van der Waals surface area (Å²) >= 11 is 0. The first-order valence-electron chi connectivity index (χ1n) is 7.48. The highest BCUT2D eigenvalue weighted by atomic mass is 16.5. The molecule has 0 spiro atoms. The van der Waals surface area contributed by atoms with Crippen molar-refractivity contribution in [3.8, 4) is 11.4 Å². The van der Waals surface area contributed by atoms with Gasteiger partial charge in [-0.2, -0.15) is 0 Å². The summed E-state index contributed by atoms with van der Waals surface area (Å²) in [5.41, 5.74) is 1.23. The second kappa shape index (κ2) is 7.26. The first-order chi connectivity index (χ1) is 11.3. The average Bonchev–Trinajstić information content (AvgIpc) is 2.88. The first-order valence-corrected chi connectivity index (χ1v) is 7.48. The van der Waals surface area contributed by atoms with E-state index < -0.39 is 0 Å². The Balaban J connectivity index is 1.74. The van der Waals surface area contributed by atoms with E-state index in [1.165, 1.54) is 12.4 Å². The van der Waals surface area contributed by atoms with Crippen LogP contribution in [0.15, 0.2) is 36.9 Å². The number of hydrogen-bond donors (Lipinski definition) is 1. The number of nitrogens with zero attached hydrogens (tertiary/aromatic N) is 4. The third-order valence-electron chi connectivity index (χ3n) is 3.70. The molecule has 23 heavy (non-hydrogen) atoms. The van der Waals surface area contributed by atoms with Gasteiger partial charge in [0.1, 0.15) is 0 Å². The van der Waals surface area contributed by atoms with Crippen molar-refractivity contribution in [2.75, 3.05) is 32.9 Å². The maximum Gasteiger partial charge on any atom is 0.257 e. The Labute approximate surface area is 134 Å². The van der Waals surface area contributed by atoms with E-state index in [2.05, 4.69) is 15.0 Å². The largest absolute Gasteiger partial charge is 0.396 e. The lowest BCUT2D eigenvalue weighted by Crippen LogP contribution is -2.36. The number of amides is 1. The van der Waals surface area contributed by atoms with E-state index in [4.69, 9.17) is 4.74 Å². The molecule has 1 N–H and O–H groups in total. The number of aliphatic hydroxyl groups is 1. The summed E-state index contributed by atoms with van der Waals surface area (Å²) in [6.07, 6.45) is 6.41. The SMILES string of the molecule is O=C(c1cnc(-c2cccnc2)nc1)N1CCOC[C@H](CO)C1. The Morgan fingerprint density at radius 2 is 2.17 bits per heavy atom. The smallest absolute Gasteiger partial charge is 0.257 e. The summed E-state index contributed by atoms with van der Waals surface area (Å²) < 4.78 is 5.40. The van der Waals surface area contributed by atoms with Gasteiger partial charge in [-0.25, -0.2) is 9.97 Å². The molecule has 1 aliphatic rings. The van der Waals surface area contributed by atoms with E-state index in [1.54, 1.807) is 17.3 Å². The van der Waals surface area contributed by atoms with Crippen molar-refractivity contribution in [2.24, 2.45) is 5.92 Å². The number of aliphatic hydroxyl groups excluding tert-OH is 1. The van der Waals surface area contributed by atoms with Crippen LogP contribution in [0.25, 0.3) is 11.4 Å². The number of hydrogen-bond acceptors (Lipinski definition) is 6. The number of ether oxygens (including phenoxy) is 1. The normalized spacial score (nSPS) is 18.5. The zero-order valence-electron chi connectivity index (χ0n) is 12.6. The van der Waals surface area contributed by atoms with Crippen molar-refractivity contribution in [1.82, 2.24) is 19.9 Å². The minimum absolute atomic E-state index is 0.000223. The Kier molecular flexibility index (Phi) is 4.89. The van der Waals surface area contributed by atoms with E-state index in [0.29, 0.717) is 37.7 Å². The van der Waals surface area contributed by atoms with Crippen LogP contribution in [0.4, 0.5) is 0 Å². The number of aromatic nitrogens is 3. The van der Waals surface area contributed by atoms with Gasteiger partial charge in [-0.1, -0.05) is 0 Å². The molecule has 1 saturated heterocycles. The van der Waals surface area contributed by atoms with E-state index in [1.807, 2.05) is 12.1 Å². The lowest BCUT2D eigenvalue weighted by molar-refractivity contribution is 0.0727. The first kappa shape index (κ1) is 15.5. The Bertz CT molecular complexity index is 648. The molecule has 1 atom stereocenters. The predicted octanol–water partition coefficient (Wildman–Crippen LogP) is 0.619. The molecule has 0 aromatic carbocycles. The van der Waals surface area contributed by atoms with E-state index in [-0.39, 0.29) is 18.4 Å². The van der Waals surface area contributed by atoms with Crippen LogP contribution in [0.2, 0.25) is 0 Å². The molecule has 3 rings (SSSR count). The van der Waals surface area contributed by atoms with Crippen LogP contribution in [0, 0.1) is 5.92 Å². The van der Waals surface area contributed by atoms with Gasteiger partial charge in [-0.3, -0.25) is 9.78 Å². The minimum atomic E-state index is -0.147. The van der Waals surface area contributed by atoms with Crippen LogP contribution in [-0.4, -0.2) is 63.8 Å². The molecule has 3 heterocycles. The van der Waals surface area contributed by atoms with Crippen molar-refractivity contribution in [2.45, 2.75) is 0 Å². The Hall–Kier alpha value is -2.38. The Morgan fingerprint density at radius 1 is 1.35 bits per heavy atom. The molecule has 7 heteroatoms. The van der Waals surface area contributed by atoms with Gasteiger partial charge in [0, 0.05) is 56.0 Å².